The van der Waals surface area contributed by atoms with Gasteiger partial charge >= 0.3 is 0 Å². The standard InChI is InChI=1S/C19H27N3O3/c1-6-15-13-21(10-11-22(15)18(23)7-2)19(24)14-8-9-17(25-5)16(12-14)20(3)4/h7-9,12,15H,2,6,10-11,13H2,1,3-5H3/t15-/m1/s1. The molecule has 2 rings (SSSR count). The minimum absolute atomic E-state index is 0.0186. The van der Waals surface area contributed by atoms with Gasteiger partial charge in [-0.15, -0.1) is 0 Å². The van der Waals surface area contributed by atoms with E-state index in [1.807, 2.05) is 43.0 Å². The van der Waals surface area contributed by atoms with Crippen LogP contribution in [-0.4, -0.2) is 68.5 Å². The normalized spacial score (nSPS) is 17.2. The van der Waals surface area contributed by atoms with Crippen molar-refractivity contribution in [2.45, 2.75) is 19.4 Å². The Hall–Kier alpha value is -2.50. The van der Waals surface area contributed by atoms with E-state index in [1.165, 1.54) is 6.08 Å². The highest BCUT2D eigenvalue weighted by atomic mass is 16.5. The van der Waals surface area contributed by atoms with Gasteiger partial charge in [0.2, 0.25) is 5.91 Å². The number of rotatable bonds is 5. The first-order valence-corrected chi connectivity index (χ1v) is 8.50. The summed E-state index contributed by atoms with van der Waals surface area (Å²) in [5.41, 5.74) is 1.49. The highest BCUT2D eigenvalue weighted by Crippen LogP contribution is 2.28. The lowest BCUT2D eigenvalue weighted by Gasteiger charge is -2.40. The number of ether oxygens (including phenoxy) is 1. The predicted octanol–water partition coefficient (Wildman–Crippen LogP) is 2.01. The van der Waals surface area contributed by atoms with Gasteiger partial charge in [-0.2, -0.15) is 0 Å². The van der Waals surface area contributed by atoms with Gasteiger partial charge in [-0.05, 0) is 30.7 Å². The molecule has 0 N–H and O–H groups in total. The molecule has 2 amide bonds. The van der Waals surface area contributed by atoms with Crippen molar-refractivity contribution in [2.24, 2.45) is 0 Å². The number of benzene rings is 1. The number of hydrogen-bond acceptors (Lipinski definition) is 4. The first-order chi connectivity index (χ1) is 11.9. The lowest BCUT2D eigenvalue weighted by Crippen LogP contribution is -2.56. The number of carbonyl (C=O) groups excluding carboxylic acids is 2. The van der Waals surface area contributed by atoms with Crippen LogP contribution in [0.4, 0.5) is 5.69 Å². The van der Waals surface area contributed by atoms with E-state index in [2.05, 4.69) is 6.58 Å². The van der Waals surface area contributed by atoms with Crippen LogP contribution in [0.1, 0.15) is 23.7 Å². The lowest BCUT2D eigenvalue weighted by molar-refractivity contribution is -0.130. The third-order valence-corrected chi connectivity index (χ3v) is 4.61. The van der Waals surface area contributed by atoms with Crippen LogP contribution in [0.25, 0.3) is 0 Å². The van der Waals surface area contributed by atoms with E-state index in [0.29, 0.717) is 25.2 Å². The molecule has 0 saturated carbocycles. The maximum absolute atomic E-state index is 12.9. The van der Waals surface area contributed by atoms with Crippen molar-refractivity contribution < 1.29 is 14.3 Å². The molecule has 1 aliphatic rings. The van der Waals surface area contributed by atoms with Crippen LogP contribution in [0.5, 0.6) is 5.75 Å². The topological polar surface area (TPSA) is 53.1 Å². The molecule has 0 aliphatic carbocycles. The molecule has 1 heterocycles. The summed E-state index contributed by atoms with van der Waals surface area (Å²) in [4.78, 5) is 30.4. The lowest BCUT2D eigenvalue weighted by atomic mass is 10.1. The van der Waals surface area contributed by atoms with Crippen molar-refractivity contribution in [3.63, 3.8) is 0 Å². The first-order valence-electron chi connectivity index (χ1n) is 8.50. The second-order valence-electron chi connectivity index (χ2n) is 6.33. The highest BCUT2D eigenvalue weighted by Gasteiger charge is 2.31. The molecule has 25 heavy (non-hydrogen) atoms. The number of amides is 2. The number of piperazine rings is 1. The van der Waals surface area contributed by atoms with E-state index in [0.717, 1.165) is 17.9 Å². The summed E-state index contributed by atoms with van der Waals surface area (Å²) in [6, 6.07) is 5.48. The molecule has 1 aromatic carbocycles. The fraction of sp³-hybridized carbons (Fsp3) is 0.474. The zero-order valence-electron chi connectivity index (χ0n) is 15.5. The number of nitrogens with zero attached hydrogens (tertiary/aromatic N) is 3. The van der Waals surface area contributed by atoms with E-state index in [4.69, 9.17) is 4.74 Å². The predicted molar refractivity (Wildman–Crippen MR) is 99.2 cm³/mol. The molecule has 0 aromatic heterocycles. The van der Waals surface area contributed by atoms with Crippen molar-refractivity contribution in [3.05, 3.63) is 36.4 Å². The maximum Gasteiger partial charge on any atom is 0.254 e. The van der Waals surface area contributed by atoms with Gasteiger partial charge in [0.05, 0.1) is 12.8 Å². The van der Waals surface area contributed by atoms with E-state index < -0.39 is 0 Å². The van der Waals surface area contributed by atoms with Crippen LogP contribution >= 0.6 is 0 Å². The molecular formula is C19H27N3O3. The van der Waals surface area contributed by atoms with Crippen molar-refractivity contribution in [1.82, 2.24) is 9.80 Å². The van der Waals surface area contributed by atoms with Crippen LogP contribution < -0.4 is 9.64 Å². The van der Waals surface area contributed by atoms with E-state index in [1.54, 1.807) is 18.1 Å². The van der Waals surface area contributed by atoms with Crippen LogP contribution in [0.2, 0.25) is 0 Å². The fourth-order valence-electron chi connectivity index (χ4n) is 3.15. The second-order valence-corrected chi connectivity index (χ2v) is 6.33. The zero-order chi connectivity index (χ0) is 18.6. The molecule has 136 valence electrons. The number of carbonyl (C=O) groups is 2. The van der Waals surface area contributed by atoms with Crippen LogP contribution in [0.3, 0.4) is 0 Å². The van der Waals surface area contributed by atoms with Gasteiger partial charge in [0, 0.05) is 45.3 Å². The number of anilines is 1. The highest BCUT2D eigenvalue weighted by molar-refractivity contribution is 5.96. The third kappa shape index (κ3) is 3.95. The van der Waals surface area contributed by atoms with E-state index in [9.17, 15) is 9.59 Å². The Morgan fingerprint density at radius 1 is 1.36 bits per heavy atom. The summed E-state index contributed by atoms with van der Waals surface area (Å²) in [5, 5.41) is 0. The SMILES string of the molecule is C=CC(=O)N1CCN(C(=O)c2ccc(OC)c(N(C)C)c2)C[C@H]1CC. The molecule has 1 aliphatic heterocycles. The summed E-state index contributed by atoms with van der Waals surface area (Å²) in [6.45, 7) is 7.19. The largest absolute Gasteiger partial charge is 0.495 e. The second kappa shape index (κ2) is 8.05. The molecule has 0 bridgehead atoms. The Balaban J connectivity index is 2.20. The Bertz CT molecular complexity index is 657. The molecule has 1 fully saturated rings. The van der Waals surface area contributed by atoms with E-state index in [-0.39, 0.29) is 17.9 Å². The summed E-state index contributed by atoms with van der Waals surface area (Å²) in [7, 11) is 5.45. The summed E-state index contributed by atoms with van der Waals surface area (Å²) in [6.07, 6.45) is 2.14. The van der Waals surface area contributed by atoms with Crippen LogP contribution in [0, 0.1) is 0 Å². The van der Waals surface area contributed by atoms with Crippen LogP contribution in [0.15, 0.2) is 30.9 Å². The molecule has 1 atom stereocenters. The summed E-state index contributed by atoms with van der Waals surface area (Å²) >= 11 is 0. The van der Waals surface area contributed by atoms with Crippen molar-refractivity contribution in [1.29, 1.82) is 0 Å². The molecule has 6 heteroatoms. The summed E-state index contributed by atoms with van der Waals surface area (Å²) < 4.78 is 5.35. The minimum atomic E-state index is -0.0710. The third-order valence-electron chi connectivity index (χ3n) is 4.61. The number of hydrogen-bond donors (Lipinski definition) is 0. The molecule has 0 unspecified atom stereocenters. The van der Waals surface area contributed by atoms with Gasteiger partial charge in [-0.1, -0.05) is 13.5 Å². The molecule has 6 nitrogen and oxygen atoms in total. The molecule has 0 spiro atoms. The Labute approximate surface area is 149 Å². The van der Waals surface area contributed by atoms with Crippen molar-refractivity contribution >= 4 is 17.5 Å². The molecular weight excluding hydrogens is 318 g/mol. The summed E-state index contributed by atoms with van der Waals surface area (Å²) in [5.74, 6) is 0.641. The Morgan fingerprint density at radius 3 is 2.64 bits per heavy atom. The number of methoxy groups -OCH3 is 1. The van der Waals surface area contributed by atoms with Crippen molar-refractivity contribution in [3.8, 4) is 5.75 Å². The Morgan fingerprint density at radius 2 is 2.08 bits per heavy atom. The minimum Gasteiger partial charge on any atom is -0.495 e. The molecule has 1 aromatic rings. The monoisotopic (exact) mass is 345 g/mol. The van der Waals surface area contributed by atoms with E-state index >= 15 is 0 Å². The average Bonchev–Trinajstić information content (AvgIpc) is 2.65. The van der Waals surface area contributed by atoms with Crippen molar-refractivity contribution in [2.75, 3.05) is 45.7 Å². The first kappa shape index (κ1) is 18.8. The van der Waals surface area contributed by atoms with Gasteiger partial charge in [0.1, 0.15) is 5.75 Å². The maximum atomic E-state index is 12.9. The smallest absolute Gasteiger partial charge is 0.254 e. The van der Waals surface area contributed by atoms with Gasteiger partial charge < -0.3 is 19.4 Å². The fourth-order valence-corrected chi connectivity index (χ4v) is 3.15. The van der Waals surface area contributed by atoms with Gasteiger partial charge in [0.15, 0.2) is 0 Å². The average molecular weight is 345 g/mol. The molecule has 1 saturated heterocycles. The quantitative estimate of drug-likeness (QED) is 0.766. The van der Waals surface area contributed by atoms with Gasteiger partial charge in [-0.25, -0.2) is 0 Å². The zero-order valence-corrected chi connectivity index (χ0v) is 15.5. The molecule has 0 radical (unpaired) electrons. The Kier molecular flexibility index (Phi) is 6.07. The van der Waals surface area contributed by atoms with Gasteiger partial charge in [0.25, 0.3) is 5.91 Å². The van der Waals surface area contributed by atoms with Crippen LogP contribution in [-0.2, 0) is 4.79 Å². The van der Waals surface area contributed by atoms with Gasteiger partial charge in [-0.3, -0.25) is 9.59 Å².